The van der Waals surface area contributed by atoms with Crippen molar-refractivity contribution in [3.63, 3.8) is 0 Å². The highest BCUT2D eigenvalue weighted by Crippen LogP contribution is 2.21. The number of aromatic hydroxyl groups is 1. The Morgan fingerprint density at radius 3 is 2.67 bits per heavy atom. The molecule has 0 saturated heterocycles. The molecular weight excluding hydrogens is 154 g/mol. The van der Waals surface area contributed by atoms with E-state index >= 15 is 0 Å². The van der Waals surface area contributed by atoms with Crippen LogP contribution < -0.4 is 5.73 Å². The monoisotopic (exact) mass is 167 g/mol. The highest BCUT2D eigenvalue weighted by atomic mass is 16.3. The molecule has 12 heavy (non-hydrogen) atoms. The third-order valence-electron chi connectivity index (χ3n) is 1.89. The summed E-state index contributed by atoms with van der Waals surface area (Å²) in [5.74, 6) is 0.116. The van der Waals surface area contributed by atoms with Crippen LogP contribution in [0.1, 0.15) is 18.9 Å². The van der Waals surface area contributed by atoms with Crippen molar-refractivity contribution in [2.45, 2.75) is 19.1 Å². The molecule has 3 heteroatoms. The van der Waals surface area contributed by atoms with E-state index in [0.717, 1.165) is 0 Å². The minimum absolute atomic E-state index is 0.116. The van der Waals surface area contributed by atoms with Crippen LogP contribution in [0.2, 0.25) is 0 Å². The quantitative estimate of drug-likeness (QED) is 0.573. The summed E-state index contributed by atoms with van der Waals surface area (Å²) in [5, 5.41) is 18.7. The molecule has 3 nitrogen and oxygen atoms in total. The fourth-order valence-corrected chi connectivity index (χ4v) is 0.979. The largest absolute Gasteiger partial charge is 0.508 e. The van der Waals surface area contributed by atoms with E-state index in [1.807, 2.05) is 0 Å². The Morgan fingerprint density at radius 1 is 1.50 bits per heavy atom. The zero-order valence-corrected chi connectivity index (χ0v) is 6.99. The molecule has 4 N–H and O–H groups in total. The lowest BCUT2D eigenvalue weighted by molar-refractivity contribution is 0.0392. The van der Waals surface area contributed by atoms with Crippen molar-refractivity contribution in [1.29, 1.82) is 0 Å². The summed E-state index contributed by atoms with van der Waals surface area (Å²) in [5.41, 5.74) is 4.75. The van der Waals surface area contributed by atoms with Gasteiger partial charge in [-0.1, -0.05) is 19.1 Å². The number of aliphatic hydroxyl groups is 1. The summed E-state index contributed by atoms with van der Waals surface area (Å²) >= 11 is 0. The molecule has 0 aromatic heterocycles. The smallest absolute Gasteiger partial charge is 0.139 e. The van der Waals surface area contributed by atoms with Crippen LogP contribution in [0.25, 0.3) is 0 Å². The van der Waals surface area contributed by atoms with Gasteiger partial charge in [0.15, 0.2) is 0 Å². The van der Waals surface area contributed by atoms with Crippen molar-refractivity contribution in [3.05, 3.63) is 29.8 Å². The molecule has 0 bridgehead atoms. The minimum Gasteiger partial charge on any atom is -0.508 e. The van der Waals surface area contributed by atoms with Crippen LogP contribution in [0.5, 0.6) is 5.75 Å². The van der Waals surface area contributed by atoms with Crippen molar-refractivity contribution in [3.8, 4) is 5.75 Å². The molecule has 0 aliphatic carbocycles. The van der Waals surface area contributed by atoms with E-state index in [1.54, 1.807) is 19.1 Å². The molecule has 0 aliphatic heterocycles. The normalized spacial score (nSPS) is 15.6. The number of phenols is 1. The summed E-state index contributed by atoms with van der Waals surface area (Å²) in [6, 6.07) is 6.33. The number of phenolic OH excluding ortho intramolecular Hbond substituents is 1. The Morgan fingerprint density at radius 2 is 2.17 bits per heavy atom. The Balaban J connectivity index is 3.03. The van der Waals surface area contributed by atoms with Crippen LogP contribution in [-0.2, 0) is 5.72 Å². The molecule has 0 amide bonds. The first-order chi connectivity index (χ1) is 5.56. The van der Waals surface area contributed by atoms with Gasteiger partial charge in [0.2, 0.25) is 0 Å². The molecular formula is C9H13NO2. The molecule has 0 saturated carbocycles. The average molecular weight is 167 g/mol. The molecule has 1 aromatic rings. The van der Waals surface area contributed by atoms with Gasteiger partial charge in [-0.15, -0.1) is 0 Å². The molecule has 0 heterocycles. The molecule has 0 radical (unpaired) electrons. The second-order valence-corrected chi connectivity index (χ2v) is 2.83. The zero-order chi connectivity index (χ0) is 9.19. The maximum Gasteiger partial charge on any atom is 0.139 e. The van der Waals surface area contributed by atoms with Gasteiger partial charge in [0, 0.05) is 5.56 Å². The average Bonchev–Trinajstić information content (AvgIpc) is 2.05. The van der Waals surface area contributed by atoms with Gasteiger partial charge in [0.1, 0.15) is 11.5 Å². The van der Waals surface area contributed by atoms with E-state index < -0.39 is 5.72 Å². The standard InChI is InChI=1S/C9H13NO2/c1-2-9(10,12)7-4-3-5-8(11)6-7/h3-6,11-12H,2,10H2,1H3/t9-/m1/s1. The third-order valence-corrected chi connectivity index (χ3v) is 1.89. The van der Waals surface area contributed by atoms with Crippen molar-refractivity contribution >= 4 is 0 Å². The number of rotatable bonds is 2. The first-order valence-corrected chi connectivity index (χ1v) is 3.87. The van der Waals surface area contributed by atoms with Crippen LogP contribution in [0.3, 0.4) is 0 Å². The van der Waals surface area contributed by atoms with Gasteiger partial charge in [-0.25, -0.2) is 0 Å². The van der Waals surface area contributed by atoms with Crippen LogP contribution in [0.15, 0.2) is 24.3 Å². The summed E-state index contributed by atoms with van der Waals surface area (Å²) in [6.07, 6.45) is 0.413. The maximum atomic E-state index is 9.59. The van der Waals surface area contributed by atoms with E-state index in [2.05, 4.69) is 0 Å². The Bertz CT molecular complexity index is 271. The lowest BCUT2D eigenvalue weighted by atomic mass is 10.0. The highest BCUT2D eigenvalue weighted by molar-refractivity contribution is 5.30. The third kappa shape index (κ3) is 1.75. The molecule has 0 unspecified atom stereocenters. The molecule has 0 aliphatic rings. The summed E-state index contributed by atoms with van der Waals surface area (Å²) in [4.78, 5) is 0. The topological polar surface area (TPSA) is 66.5 Å². The molecule has 66 valence electrons. The first kappa shape index (κ1) is 9.03. The molecule has 1 atom stereocenters. The van der Waals surface area contributed by atoms with Gasteiger partial charge >= 0.3 is 0 Å². The fraction of sp³-hybridized carbons (Fsp3) is 0.333. The Kier molecular flexibility index (Phi) is 2.35. The van der Waals surface area contributed by atoms with Gasteiger partial charge < -0.3 is 10.2 Å². The number of hydrogen-bond acceptors (Lipinski definition) is 3. The molecule has 0 fully saturated rings. The zero-order valence-electron chi connectivity index (χ0n) is 6.99. The Hall–Kier alpha value is -1.06. The van der Waals surface area contributed by atoms with Gasteiger partial charge in [-0.2, -0.15) is 0 Å². The van der Waals surface area contributed by atoms with Crippen LogP contribution >= 0.6 is 0 Å². The lowest BCUT2D eigenvalue weighted by Gasteiger charge is -2.21. The maximum absolute atomic E-state index is 9.59. The first-order valence-electron chi connectivity index (χ1n) is 3.87. The minimum atomic E-state index is -1.33. The van der Waals surface area contributed by atoms with Gasteiger partial charge in [-0.3, -0.25) is 5.73 Å². The highest BCUT2D eigenvalue weighted by Gasteiger charge is 2.20. The van der Waals surface area contributed by atoms with Crippen LogP contribution in [0.4, 0.5) is 0 Å². The summed E-state index contributed by atoms with van der Waals surface area (Å²) in [6.45, 7) is 1.78. The SMILES string of the molecule is CC[C@@](N)(O)c1cccc(O)c1. The van der Waals surface area contributed by atoms with Crippen molar-refractivity contribution in [2.75, 3.05) is 0 Å². The van der Waals surface area contributed by atoms with Crippen molar-refractivity contribution in [2.24, 2.45) is 5.73 Å². The van der Waals surface area contributed by atoms with Crippen LogP contribution in [-0.4, -0.2) is 10.2 Å². The van der Waals surface area contributed by atoms with Crippen LogP contribution in [0, 0.1) is 0 Å². The predicted octanol–water partition coefficient (Wildman–Crippen LogP) is 0.906. The summed E-state index contributed by atoms with van der Waals surface area (Å²) < 4.78 is 0. The van der Waals surface area contributed by atoms with E-state index in [9.17, 15) is 5.11 Å². The predicted molar refractivity (Wildman–Crippen MR) is 46.5 cm³/mol. The Labute approximate surface area is 71.5 Å². The second-order valence-electron chi connectivity index (χ2n) is 2.83. The van der Waals surface area contributed by atoms with Gasteiger partial charge in [-0.05, 0) is 18.6 Å². The number of hydrogen-bond donors (Lipinski definition) is 3. The molecule has 1 rings (SSSR count). The second kappa shape index (κ2) is 3.13. The number of benzene rings is 1. The van der Waals surface area contributed by atoms with Crippen molar-refractivity contribution in [1.82, 2.24) is 0 Å². The van der Waals surface area contributed by atoms with E-state index in [4.69, 9.17) is 10.8 Å². The molecule has 1 aromatic carbocycles. The summed E-state index contributed by atoms with van der Waals surface area (Å²) in [7, 11) is 0. The fourth-order valence-electron chi connectivity index (χ4n) is 0.979. The van der Waals surface area contributed by atoms with E-state index in [1.165, 1.54) is 12.1 Å². The molecule has 0 spiro atoms. The lowest BCUT2D eigenvalue weighted by Crippen LogP contribution is -2.35. The van der Waals surface area contributed by atoms with Crippen molar-refractivity contribution < 1.29 is 10.2 Å². The van der Waals surface area contributed by atoms with Gasteiger partial charge in [0.05, 0.1) is 0 Å². The number of nitrogens with two attached hydrogens (primary N) is 1. The van der Waals surface area contributed by atoms with E-state index in [0.29, 0.717) is 12.0 Å². The van der Waals surface area contributed by atoms with E-state index in [-0.39, 0.29) is 5.75 Å². The van der Waals surface area contributed by atoms with Gasteiger partial charge in [0.25, 0.3) is 0 Å².